The van der Waals surface area contributed by atoms with E-state index in [-0.39, 0.29) is 13.5 Å². The van der Waals surface area contributed by atoms with Gasteiger partial charge in [0.2, 0.25) is 47.0 Å². The highest BCUT2D eigenvalue weighted by Crippen LogP contribution is 2.35. The molecule has 0 radical (unpaired) electrons. The van der Waals surface area contributed by atoms with E-state index in [2.05, 4.69) is 91.8 Å². The monoisotopic (exact) mass is 1800 g/mol. The van der Waals surface area contributed by atoms with E-state index < -0.39 is 0 Å². The Morgan fingerprint density at radius 3 is 1.01 bits per heavy atom. The molecule has 694 valence electrons. The zero-order valence-corrected chi connectivity index (χ0v) is 80.2. The fourth-order valence-corrected chi connectivity index (χ4v) is 12.0. The van der Waals surface area contributed by atoms with Crippen LogP contribution in [0.2, 0.25) is 0 Å². The molecule has 0 unspecified atom stereocenters. The van der Waals surface area contributed by atoms with Crippen molar-refractivity contribution in [2.45, 2.75) is 152 Å². The van der Waals surface area contributed by atoms with Crippen LogP contribution in [0.15, 0.2) is 304 Å². The lowest BCUT2D eigenvalue weighted by Crippen LogP contribution is -2.05. The third kappa shape index (κ3) is 35.0. The SMILES string of the molecule is C.CCc1ccccc1Oc1ccc(C)cn1.COc1cc(Oc2ccc(C)cn2)ccc1C.COc1ccc(C)c(Oc2ccc(C)cn2)c1.COc1cccc(Oc2ccc(N)cn2)c1C.Cc1ccc(Oc2c(C)cccc2C)nc1.Cc1ccc(Oc2cc(C)ccc2C)nc1.Cc1ccc(Oc2cccc(C)c2C)nc1.Cc1ccc(Oc2cccc(OC(C)C)c2)nc1. The summed E-state index contributed by atoms with van der Waals surface area (Å²) in [4.78, 5) is 33.6. The number of rotatable bonds is 22. The Morgan fingerprint density at radius 2 is 0.575 bits per heavy atom. The maximum absolute atomic E-state index is 5.78. The van der Waals surface area contributed by atoms with E-state index >= 15 is 0 Å². The van der Waals surface area contributed by atoms with Crippen LogP contribution in [0.4, 0.5) is 5.69 Å². The van der Waals surface area contributed by atoms with Crippen LogP contribution in [0.1, 0.15) is 123 Å². The van der Waals surface area contributed by atoms with Crippen molar-refractivity contribution in [3.05, 3.63) is 399 Å². The maximum Gasteiger partial charge on any atom is 0.219 e. The average Bonchev–Trinajstić information content (AvgIpc) is 0.847. The molecule has 0 aliphatic carbocycles. The second-order valence-corrected chi connectivity index (χ2v) is 31.6. The molecule has 0 spiro atoms. The third-order valence-corrected chi connectivity index (χ3v) is 19.7. The van der Waals surface area contributed by atoms with Crippen molar-refractivity contribution in [1.29, 1.82) is 0 Å². The first kappa shape index (κ1) is 104. The number of hydrogen-bond donors (Lipinski definition) is 1. The number of methoxy groups -OCH3 is 3. The molecule has 0 amide bonds. The van der Waals surface area contributed by atoms with Crippen LogP contribution in [-0.2, 0) is 6.42 Å². The summed E-state index contributed by atoms with van der Waals surface area (Å²) in [6.07, 6.45) is 15.2. The van der Waals surface area contributed by atoms with Crippen molar-refractivity contribution >= 4 is 5.69 Å². The van der Waals surface area contributed by atoms with Gasteiger partial charge in [-0.15, -0.1) is 0 Å². The topological polar surface area (TPSA) is 240 Å². The van der Waals surface area contributed by atoms with Crippen LogP contribution in [0, 0.1) is 111 Å². The lowest BCUT2D eigenvalue weighted by molar-refractivity contribution is 0.241. The number of benzene rings is 8. The van der Waals surface area contributed by atoms with Crippen LogP contribution in [0.5, 0.6) is 116 Å². The predicted molar refractivity (Wildman–Crippen MR) is 538 cm³/mol. The summed E-state index contributed by atoms with van der Waals surface area (Å²) in [7, 11) is 4.92. The zero-order chi connectivity index (χ0) is 95.7. The molecule has 0 aliphatic rings. The molecule has 134 heavy (non-hydrogen) atoms. The van der Waals surface area contributed by atoms with E-state index in [0.717, 1.165) is 153 Å². The number of nitrogens with zero attached hydrogens (tertiary/aromatic N) is 8. The molecule has 0 fully saturated rings. The molecule has 16 aromatic rings. The molecule has 21 nitrogen and oxygen atoms in total. The fraction of sp³-hybridized carbons (Fsp3) is 0.221. The van der Waals surface area contributed by atoms with E-state index in [1.54, 1.807) is 70.6 Å². The lowest BCUT2D eigenvalue weighted by Gasteiger charge is -2.11. The van der Waals surface area contributed by atoms with Crippen molar-refractivity contribution in [3.63, 3.8) is 0 Å². The number of ether oxygens (including phenoxy) is 12. The Labute approximate surface area is 791 Å². The number of para-hydroxylation sites is 2. The molecular weight excluding hydrogens is 1680 g/mol. The number of aryl methyl sites for hydroxylation is 15. The summed E-state index contributed by atoms with van der Waals surface area (Å²) in [5, 5.41) is 0. The maximum atomic E-state index is 5.78. The Morgan fingerprint density at radius 1 is 0.246 bits per heavy atom. The lowest BCUT2D eigenvalue weighted by atomic mass is 10.1. The van der Waals surface area contributed by atoms with E-state index in [1.165, 1.54) is 16.7 Å². The van der Waals surface area contributed by atoms with Gasteiger partial charge in [0.1, 0.15) is 69.0 Å². The van der Waals surface area contributed by atoms with Crippen LogP contribution in [-0.4, -0.2) is 67.3 Å². The molecule has 0 aliphatic heterocycles. The molecule has 21 heteroatoms. The quantitative estimate of drug-likeness (QED) is 0.0663. The van der Waals surface area contributed by atoms with Gasteiger partial charge in [0, 0.05) is 116 Å². The molecule has 16 rings (SSSR count). The molecule has 8 aromatic carbocycles. The second kappa shape index (κ2) is 53.5. The first-order valence-corrected chi connectivity index (χ1v) is 43.6. The Kier molecular flexibility index (Phi) is 41.4. The minimum absolute atomic E-state index is 0. The first-order valence-electron chi connectivity index (χ1n) is 43.6. The highest BCUT2D eigenvalue weighted by molar-refractivity contribution is 5.49. The number of nitrogen functional groups attached to an aromatic ring is 1. The van der Waals surface area contributed by atoms with E-state index in [0.29, 0.717) is 52.7 Å². The van der Waals surface area contributed by atoms with Gasteiger partial charge in [-0.3, -0.25) is 0 Å². The minimum atomic E-state index is 0. The molecule has 0 saturated heterocycles. The first-order chi connectivity index (χ1) is 64.0. The van der Waals surface area contributed by atoms with Crippen molar-refractivity contribution in [3.8, 4) is 116 Å². The molecule has 0 bridgehead atoms. The van der Waals surface area contributed by atoms with Crippen molar-refractivity contribution in [1.82, 2.24) is 39.9 Å². The normalized spacial score (nSPS) is 10.1. The summed E-state index contributed by atoms with van der Waals surface area (Å²) in [5.74, 6) is 14.5. The van der Waals surface area contributed by atoms with Crippen LogP contribution < -0.4 is 62.6 Å². The third-order valence-electron chi connectivity index (χ3n) is 19.7. The Hall–Kier alpha value is -15.6. The van der Waals surface area contributed by atoms with Crippen molar-refractivity contribution in [2.24, 2.45) is 0 Å². The van der Waals surface area contributed by atoms with Gasteiger partial charge in [-0.1, -0.05) is 142 Å². The number of hydrogen-bond acceptors (Lipinski definition) is 21. The highest BCUT2D eigenvalue weighted by atomic mass is 16.5. The van der Waals surface area contributed by atoms with Gasteiger partial charge in [-0.05, 0) is 281 Å². The summed E-state index contributed by atoms with van der Waals surface area (Å²) < 4.78 is 66.9. The Balaban J connectivity index is 0.000000188. The smallest absolute Gasteiger partial charge is 0.219 e. The summed E-state index contributed by atoms with van der Waals surface area (Å²) >= 11 is 0. The molecule has 8 aromatic heterocycles. The number of nitrogens with two attached hydrogens (primary N) is 1. The van der Waals surface area contributed by atoms with E-state index in [4.69, 9.17) is 62.6 Å². The van der Waals surface area contributed by atoms with Crippen molar-refractivity contribution < 1.29 is 56.8 Å². The summed E-state index contributed by atoms with van der Waals surface area (Å²) in [5.41, 5.74) is 25.2. The fourth-order valence-electron chi connectivity index (χ4n) is 12.0. The molecule has 0 atom stereocenters. The van der Waals surface area contributed by atoms with Gasteiger partial charge in [-0.25, -0.2) is 39.9 Å². The minimum Gasteiger partial charge on any atom is -0.497 e. The summed E-state index contributed by atoms with van der Waals surface area (Å²) in [6, 6.07) is 81.4. The molecular formula is C113H125N9O12. The average molecular weight is 1800 g/mol. The Bertz CT molecular complexity index is 6140. The summed E-state index contributed by atoms with van der Waals surface area (Å²) in [6.45, 7) is 38.3. The largest absolute Gasteiger partial charge is 0.497 e. The highest BCUT2D eigenvalue weighted by Gasteiger charge is 2.13. The molecule has 2 N–H and O–H groups in total. The number of pyridine rings is 8. The predicted octanol–water partition coefficient (Wildman–Crippen LogP) is 29.5. The van der Waals surface area contributed by atoms with Crippen LogP contribution >= 0.6 is 0 Å². The van der Waals surface area contributed by atoms with Gasteiger partial charge in [0.15, 0.2) is 0 Å². The van der Waals surface area contributed by atoms with Crippen LogP contribution in [0.25, 0.3) is 0 Å². The van der Waals surface area contributed by atoms with Crippen molar-refractivity contribution in [2.75, 3.05) is 27.1 Å². The second-order valence-electron chi connectivity index (χ2n) is 31.6. The molecule has 8 heterocycles. The number of aromatic nitrogens is 8. The number of anilines is 1. The molecule has 0 saturated carbocycles. The van der Waals surface area contributed by atoms with E-state index in [1.807, 2.05) is 335 Å². The van der Waals surface area contributed by atoms with Gasteiger partial charge in [-0.2, -0.15) is 0 Å². The van der Waals surface area contributed by atoms with Gasteiger partial charge >= 0.3 is 0 Å². The van der Waals surface area contributed by atoms with Gasteiger partial charge < -0.3 is 62.6 Å². The van der Waals surface area contributed by atoms with E-state index in [9.17, 15) is 0 Å². The standard InChI is InChI=1S/C15H17NO2.2C14H15NO2.4C14H15NO.C13H14N2O2.CH4/c1-11(2)17-13-5-4-6-14(9-13)18-15-8-7-12(3)10-16-15;1-10-4-7-14(15-9-10)17-12-6-5-11(2)13(8-12)16-3;1-10-4-7-14(15-9-10)17-13-8-12(16-3)6-5-11(13)2;1-10-4-6-12(3)13(8-10)16-14-7-5-11(2)9-15-14;1-10-7-8-14(15-9-10)16-13-6-4-5-11(2)12(13)3;1-10-7-8-13(15-9-10)16-14-11(2)5-4-6-12(14)3;1-3-12-6-4-5-7-13(12)16-14-9-8-11(2)10-15-14;1-9-11(16-2)4-3-5-12(9)17-13-7-6-10(14)8-15-13;/h4-11H,1-3H3;2*4-9H,1-3H3;3*4-9H,1-3H3;4-10H,3H2,1-2H3;3-8H,14H2,1-2H3;1H4. The van der Waals surface area contributed by atoms with Crippen LogP contribution in [0.3, 0.4) is 0 Å². The van der Waals surface area contributed by atoms with Gasteiger partial charge in [0.25, 0.3) is 0 Å². The van der Waals surface area contributed by atoms with Gasteiger partial charge in [0.05, 0.1) is 39.3 Å². The zero-order valence-electron chi connectivity index (χ0n) is 80.2.